The van der Waals surface area contributed by atoms with Gasteiger partial charge in [-0.25, -0.2) is 22.5 Å². The number of aryl methyl sites for hydroxylation is 2. The molecule has 0 unspecified atom stereocenters. The minimum absolute atomic E-state index is 0.0280. The van der Waals surface area contributed by atoms with Crippen LogP contribution < -0.4 is 10.5 Å². The van der Waals surface area contributed by atoms with Gasteiger partial charge in [0.2, 0.25) is 10.0 Å². The van der Waals surface area contributed by atoms with E-state index in [4.69, 9.17) is 5.73 Å². The van der Waals surface area contributed by atoms with E-state index in [0.717, 1.165) is 23.4 Å². The third-order valence-corrected chi connectivity index (χ3v) is 5.53. The molecular weight excluding hydrogens is 313 g/mol. The van der Waals surface area contributed by atoms with E-state index in [1.54, 1.807) is 13.1 Å². The van der Waals surface area contributed by atoms with Crippen molar-refractivity contribution in [2.24, 2.45) is 0 Å². The number of nitrogens with zero attached hydrogens (tertiary/aromatic N) is 1. The first-order valence-electron chi connectivity index (χ1n) is 6.32. The van der Waals surface area contributed by atoms with Crippen LogP contribution in [-0.2, 0) is 23.0 Å². The van der Waals surface area contributed by atoms with Crippen LogP contribution in [0.25, 0.3) is 0 Å². The van der Waals surface area contributed by atoms with Gasteiger partial charge in [0.15, 0.2) is 0 Å². The number of nitrogens with two attached hydrogens (primary N) is 1. The van der Waals surface area contributed by atoms with E-state index in [-0.39, 0.29) is 12.2 Å². The van der Waals surface area contributed by atoms with Gasteiger partial charge in [-0.2, -0.15) is 0 Å². The average Bonchev–Trinajstić information content (AvgIpc) is 2.88. The van der Waals surface area contributed by atoms with Crippen LogP contribution in [0.3, 0.4) is 0 Å². The molecule has 0 saturated carbocycles. The Morgan fingerprint density at radius 3 is 2.76 bits per heavy atom. The zero-order valence-electron chi connectivity index (χ0n) is 11.7. The number of aromatic nitrogens is 1. The molecule has 2 aromatic rings. The standard InChI is InChI=1S/C13H16FN3O2S2/c1-3-9-6-16-13(20-9)7-17-21(18,19)12-5-11(15)8(2)4-10(12)14/h4-6,17H,3,7,15H2,1-2H3. The molecule has 5 nitrogen and oxygen atoms in total. The summed E-state index contributed by atoms with van der Waals surface area (Å²) in [5.41, 5.74) is 6.38. The number of thiazole rings is 1. The Bertz CT molecular complexity index is 757. The highest BCUT2D eigenvalue weighted by Crippen LogP contribution is 2.22. The number of nitrogens with one attached hydrogen (secondary N) is 1. The van der Waals surface area contributed by atoms with Gasteiger partial charge < -0.3 is 5.73 Å². The molecular formula is C13H16FN3O2S2. The largest absolute Gasteiger partial charge is 0.398 e. The Hall–Kier alpha value is -1.51. The van der Waals surface area contributed by atoms with Crippen molar-refractivity contribution < 1.29 is 12.8 Å². The lowest BCUT2D eigenvalue weighted by molar-refractivity contribution is 0.556. The van der Waals surface area contributed by atoms with Crippen LogP contribution in [0.1, 0.15) is 22.4 Å². The Labute approximate surface area is 127 Å². The molecule has 1 aromatic carbocycles. The lowest BCUT2D eigenvalue weighted by Crippen LogP contribution is -2.24. The minimum Gasteiger partial charge on any atom is -0.398 e. The second-order valence-electron chi connectivity index (χ2n) is 4.54. The zero-order valence-corrected chi connectivity index (χ0v) is 13.3. The maximum absolute atomic E-state index is 13.8. The summed E-state index contributed by atoms with van der Waals surface area (Å²) in [4.78, 5) is 4.73. The molecule has 0 aliphatic rings. The smallest absolute Gasteiger partial charge is 0.243 e. The Balaban J connectivity index is 2.20. The highest BCUT2D eigenvalue weighted by Gasteiger charge is 2.20. The number of nitrogen functional groups attached to an aromatic ring is 1. The molecule has 0 saturated heterocycles. The number of halogens is 1. The molecule has 1 aromatic heterocycles. The molecule has 0 atom stereocenters. The summed E-state index contributed by atoms with van der Waals surface area (Å²) in [6.07, 6.45) is 2.55. The molecule has 0 spiro atoms. The summed E-state index contributed by atoms with van der Waals surface area (Å²) in [6, 6.07) is 2.24. The van der Waals surface area contributed by atoms with Crippen LogP contribution in [0.15, 0.2) is 23.2 Å². The summed E-state index contributed by atoms with van der Waals surface area (Å²) in [5, 5.41) is 0.635. The minimum atomic E-state index is -3.96. The molecule has 0 aliphatic carbocycles. The third kappa shape index (κ3) is 3.58. The maximum atomic E-state index is 13.8. The van der Waals surface area contributed by atoms with Crippen LogP contribution in [0.4, 0.5) is 10.1 Å². The highest BCUT2D eigenvalue weighted by molar-refractivity contribution is 7.89. The molecule has 0 fully saturated rings. The molecule has 0 amide bonds. The molecule has 1 heterocycles. The van der Waals surface area contributed by atoms with Crippen molar-refractivity contribution in [2.75, 3.05) is 5.73 Å². The predicted octanol–water partition coefficient (Wildman–Crippen LogP) is 2.21. The fourth-order valence-electron chi connectivity index (χ4n) is 1.70. The van der Waals surface area contributed by atoms with E-state index in [2.05, 4.69) is 9.71 Å². The van der Waals surface area contributed by atoms with Crippen molar-refractivity contribution in [3.63, 3.8) is 0 Å². The van der Waals surface area contributed by atoms with E-state index < -0.39 is 20.7 Å². The van der Waals surface area contributed by atoms with E-state index in [9.17, 15) is 12.8 Å². The monoisotopic (exact) mass is 329 g/mol. The van der Waals surface area contributed by atoms with Gasteiger partial charge in [-0.05, 0) is 31.0 Å². The van der Waals surface area contributed by atoms with Gasteiger partial charge in [0.1, 0.15) is 15.7 Å². The Kier molecular flexibility index (Phi) is 4.60. The predicted molar refractivity (Wildman–Crippen MR) is 81.1 cm³/mol. The molecule has 0 radical (unpaired) electrons. The van der Waals surface area contributed by atoms with E-state index in [1.807, 2.05) is 6.92 Å². The first kappa shape index (κ1) is 15.9. The first-order chi connectivity index (χ1) is 9.83. The summed E-state index contributed by atoms with van der Waals surface area (Å²) in [6.45, 7) is 3.64. The maximum Gasteiger partial charge on any atom is 0.243 e. The normalized spacial score (nSPS) is 11.8. The molecule has 0 bridgehead atoms. The fraction of sp³-hybridized carbons (Fsp3) is 0.308. The van der Waals surface area contributed by atoms with Crippen molar-refractivity contribution in [1.29, 1.82) is 0 Å². The zero-order chi connectivity index (χ0) is 15.6. The Morgan fingerprint density at radius 2 is 2.14 bits per heavy atom. The fourth-order valence-corrected chi connectivity index (χ4v) is 3.68. The molecule has 3 N–H and O–H groups in total. The number of sulfonamides is 1. The number of rotatable bonds is 5. The molecule has 0 aliphatic heterocycles. The van der Waals surface area contributed by atoms with Crippen molar-refractivity contribution >= 4 is 27.0 Å². The number of anilines is 1. The Morgan fingerprint density at radius 1 is 1.43 bits per heavy atom. The van der Waals surface area contributed by atoms with Gasteiger partial charge in [0.25, 0.3) is 0 Å². The van der Waals surface area contributed by atoms with Crippen molar-refractivity contribution in [3.8, 4) is 0 Å². The molecule has 114 valence electrons. The van der Waals surface area contributed by atoms with E-state index >= 15 is 0 Å². The number of benzene rings is 1. The van der Waals surface area contributed by atoms with Gasteiger partial charge in [0.05, 0.1) is 6.54 Å². The van der Waals surface area contributed by atoms with Crippen LogP contribution in [0.2, 0.25) is 0 Å². The van der Waals surface area contributed by atoms with Crippen molar-refractivity contribution in [1.82, 2.24) is 9.71 Å². The van der Waals surface area contributed by atoms with Crippen molar-refractivity contribution in [2.45, 2.75) is 31.7 Å². The summed E-state index contributed by atoms with van der Waals surface area (Å²) in [7, 11) is -3.96. The van der Waals surface area contributed by atoms with Gasteiger partial charge in [-0.3, -0.25) is 0 Å². The average molecular weight is 329 g/mol. The quantitative estimate of drug-likeness (QED) is 0.824. The second kappa shape index (κ2) is 6.08. The topological polar surface area (TPSA) is 85.1 Å². The summed E-state index contributed by atoms with van der Waals surface area (Å²) >= 11 is 1.42. The second-order valence-corrected chi connectivity index (χ2v) is 7.47. The van der Waals surface area contributed by atoms with Crippen LogP contribution in [-0.4, -0.2) is 13.4 Å². The van der Waals surface area contributed by atoms with Crippen LogP contribution in [0, 0.1) is 12.7 Å². The third-order valence-electron chi connectivity index (χ3n) is 2.97. The van der Waals surface area contributed by atoms with Crippen molar-refractivity contribution in [3.05, 3.63) is 39.6 Å². The lowest BCUT2D eigenvalue weighted by atomic mass is 10.2. The first-order valence-corrected chi connectivity index (χ1v) is 8.62. The number of hydrogen-bond acceptors (Lipinski definition) is 5. The SMILES string of the molecule is CCc1cnc(CNS(=O)(=O)c2cc(N)c(C)cc2F)s1. The molecule has 8 heteroatoms. The lowest BCUT2D eigenvalue weighted by Gasteiger charge is -2.09. The highest BCUT2D eigenvalue weighted by atomic mass is 32.2. The van der Waals surface area contributed by atoms with E-state index in [1.165, 1.54) is 11.3 Å². The van der Waals surface area contributed by atoms with Gasteiger partial charge in [-0.1, -0.05) is 6.92 Å². The van der Waals surface area contributed by atoms with Gasteiger partial charge in [0, 0.05) is 16.8 Å². The van der Waals surface area contributed by atoms with Crippen LogP contribution in [0.5, 0.6) is 0 Å². The van der Waals surface area contributed by atoms with E-state index in [0.29, 0.717) is 10.6 Å². The van der Waals surface area contributed by atoms with Gasteiger partial charge in [-0.15, -0.1) is 11.3 Å². The summed E-state index contributed by atoms with van der Waals surface area (Å²) in [5.74, 6) is -0.817. The van der Waals surface area contributed by atoms with Gasteiger partial charge >= 0.3 is 0 Å². The van der Waals surface area contributed by atoms with Crippen LogP contribution >= 0.6 is 11.3 Å². The molecule has 2 rings (SSSR count). The number of hydrogen-bond donors (Lipinski definition) is 2. The molecule has 21 heavy (non-hydrogen) atoms. The summed E-state index contributed by atoms with van der Waals surface area (Å²) < 4.78 is 40.4.